The minimum atomic E-state index is -4.62. The van der Waals surface area contributed by atoms with E-state index in [2.05, 4.69) is 34.1 Å². The van der Waals surface area contributed by atoms with Crippen LogP contribution in [0, 0.1) is 111 Å². The molecule has 0 saturated carbocycles. The second-order valence-corrected chi connectivity index (χ2v) is 25.7. The van der Waals surface area contributed by atoms with Gasteiger partial charge in [-0.1, -0.05) is 63.3 Å². The summed E-state index contributed by atoms with van der Waals surface area (Å²) in [7, 11) is 0. The van der Waals surface area contributed by atoms with E-state index in [0.717, 1.165) is 86.1 Å². The third-order valence-electron chi connectivity index (χ3n) is 18.0. The largest absolute Gasteiger partial charge is 0.432 e. The van der Waals surface area contributed by atoms with Crippen molar-refractivity contribution in [1.29, 1.82) is 0 Å². The molecule has 2 saturated heterocycles. The number of hydrogen-bond acceptors (Lipinski definition) is 6. The molecule has 0 radical (unpaired) electrons. The molecule has 3 aliphatic carbocycles. The molecule has 101 heavy (non-hydrogen) atoms. The third kappa shape index (κ3) is 18.1. The molecule has 2 fully saturated rings. The fraction of sp³-hybridized carbons (Fsp3) is 0.360. The summed E-state index contributed by atoms with van der Waals surface area (Å²) in [6.07, 6.45) is 0.761. The maximum absolute atomic E-state index is 14.8. The molecule has 12 rings (SSSR count). The average molecular weight is 1440 g/mol. The molecular weight excluding hydrogens is 1380 g/mol. The monoisotopic (exact) mass is 1440 g/mol. The van der Waals surface area contributed by atoms with Gasteiger partial charge in [-0.2, -0.15) is 26.3 Å². The highest BCUT2D eigenvalue weighted by molar-refractivity contribution is 5.72. The first-order valence-electron chi connectivity index (χ1n) is 32.2. The van der Waals surface area contributed by atoms with Crippen molar-refractivity contribution < 1.29 is 116 Å². The van der Waals surface area contributed by atoms with Crippen molar-refractivity contribution in [2.45, 2.75) is 122 Å². The van der Waals surface area contributed by atoms with Crippen molar-refractivity contribution >= 4 is 16.7 Å². The van der Waals surface area contributed by atoms with Crippen molar-refractivity contribution in [3.05, 3.63) is 236 Å². The lowest BCUT2D eigenvalue weighted by atomic mass is 9.80. The summed E-state index contributed by atoms with van der Waals surface area (Å²) in [5.74, 6) is -24.1. The first-order valence-corrected chi connectivity index (χ1v) is 32.2. The van der Waals surface area contributed by atoms with Gasteiger partial charge in [-0.25, -0.2) is 61.5 Å². The van der Waals surface area contributed by atoms with Crippen LogP contribution in [-0.4, -0.2) is 32.2 Å². The van der Waals surface area contributed by atoms with Gasteiger partial charge in [0.2, 0.25) is 0 Å². The minimum Gasteiger partial charge on any atom is -0.429 e. The van der Waals surface area contributed by atoms with Crippen molar-refractivity contribution in [1.82, 2.24) is 0 Å². The second kappa shape index (κ2) is 31.5. The van der Waals surface area contributed by atoms with Crippen LogP contribution in [0.3, 0.4) is 0 Å². The quantitative estimate of drug-likeness (QED) is 0.0753. The summed E-state index contributed by atoms with van der Waals surface area (Å²) in [5.41, 5.74) is -0.0861. The molecule has 2 heterocycles. The van der Waals surface area contributed by atoms with Crippen LogP contribution in [0.4, 0.5) is 87.8 Å². The first-order chi connectivity index (χ1) is 47.7. The van der Waals surface area contributed by atoms with Crippen LogP contribution in [0.5, 0.6) is 17.2 Å². The number of benzene rings is 7. The maximum atomic E-state index is 14.8. The maximum Gasteiger partial charge on any atom is 0.432 e. The van der Waals surface area contributed by atoms with Gasteiger partial charge in [0, 0.05) is 60.4 Å². The Morgan fingerprint density at radius 1 is 0.337 bits per heavy atom. The van der Waals surface area contributed by atoms with E-state index < -0.39 is 134 Å². The number of halogens is 20. The highest BCUT2D eigenvalue weighted by Crippen LogP contribution is 2.44. The summed E-state index contributed by atoms with van der Waals surface area (Å²) in [6, 6.07) is 13.9. The molecule has 0 aromatic heterocycles. The van der Waals surface area contributed by atoms with Gasteiger partial charge in [-0.05, 0) is 170 Å². The highest BCUT2D eigenvalue weighted by Gasteiger charge is 2.44. The summed E-state index contributed by atoms with van der Waals surface area (Å²) >= 11 is 0. The Hall–Kier alpha value is -8.36. The van der Waals surface area contributed by atoms with E-state index in [9.17, 15) is 87.8 Å². The Morgan fingerprint density at radius 3 is 1.10 bits per heavy atom. The molecule has 7 aromatic carbocycles. The Labute approximate surface area is 567 Å². The molecule has 0 spiro atoms. The lowest BCUT2D eigenvalue weighted by molar-refractivity contribution is -0.222. The molecule has 2 aliphatic heterocycles. The Bertz CT molecular complexity index is 3950. The zero-order chi connectivity index (χ0) is 73.0. The van der Waals surface area contributed by atoms with Crippen molar-refractivity contribution in [2.75, 3.05) is 19.8 Å². The molecule has 0 bridgehead atoms. The standard InChI is InChI=1S/C26H20F6O.C25H23F7O2.C24H21F7O3/c1-15-2-4-16(5-3-15)18-8-11-21(22(27)12-18)17-6-9-19(10-7-17)26(31,32)33-20-13-23(28)25(30)24(29)14-20;1-13-2-7-22(33-12-13)15-5-3-14(4-6-15)16-8-18(26)23(19(27)9-16)25(31,32)34-17-10-20(28)24(30)21(29)11-17;1-12-10-32-23(33-11-12)14-4-2-13(3-5-14)15-6-17(25)21(18(26)7-15)24(30,31)34-16-8-19(27)22(29)20(28)9-16/h4,6-15H,2-3,5H2,1H3;3,8-11,13,15,22H,2,4-7,12H2,1H3;2,6-9,12,14,23H,3-5,10-11H2,1H3. The van der Waals surface area contributed by atoms with Gasteiger partial charge in [0.15, 0.2) is 58.6 Å². The van der Waals surface area contributed by atoms with Gasteiger partial charge in [0.05, 0.1) is 24.9 Å². The predicted octanol–water partition coefficient (Wildman–Crippen LogP) is 22.5. The summed E-state index contributed by atoms with van der Waals surface area (Å²) < 4.78 is 309. The van der Waals surface area contributed by atoms with Crippen LogP contribution in [0.25, 0.3) is 27.8 Å². The van der Waals surface area contributed by atoms with E-state index >= 15 is 0 Å². The van der Waals surface area contributed by atoms with Gasteiger partial charge in [0.25, 0.3) is 0 Å². The molecule has 5 unspecified atom stereocenters. The molecule has 5 aliphatic rings. The zero-order valence-electron chi connectivity index (χ0n) is 54.0. The number of alkyl halides is 6. The smallest absolute Gasteiger partial charge is 0.429 e. The molecule has 540 valence electrons. The normalized spacial score (nSPS) is 21.2. The number of allylic oxidation sites excluding steroid dienone is 6. The van der Waals surface area contributed by atoms with Crippen molar-refractivity contribution in [3.8, 4) is 28.4 Å². The van der Waals surface area contributed by atoms with E-state index in [4.69, 9.17) is 14.2 Å². The Balaban J connectivity index is 0.000000163. The van der Waals surface area contributed by atoms with Crippen LogP contribution in [0.15, 0.2) is 121 Å². The van der Waals surface area contributed by atoms with Gasteiger partial charge in [-0.15, -0.1) is 0 Å². The first kappa shape index (κ1) is 75.3. The van der Waals surface area contributed by atoms with Gasteiger partial charge < -0.3 is 28.4 Å². The molecule has 5 atom stereocenters. The van der Waals surface area contributed by atoms with Crippen molar-refractivity contribution in [3.63, 3.8) is 0 Å². The molecule has 0 N–H and O–H groups in total. The SMILES string of the molecule is CC1CC=C(c2ccc(-c3ccc(C(F)(F)Oc4cc(F)c(F)c(F)c4)cc3)c(F)c2)CC1.CC1CCC(C2CC=C(c3cc(F)c(C(F)(F)Oc4cc(F)c(F)c(F)c4)c(F)c3)CC2)OC1.CC1COC(C2CC=C(c3cc(F)c(C(F)(F)Oc4cc(F)c(F)c(F)c4)c(F)c3)CC2)OC1. The van der Waals surface area contributed by atoms with Crippen LogP contribution < -0.4 is 14.2 Å². The molecule has 6 nitrogen and oxygen atoms in total. The van der Waals surface area contributed by atoms with Gasteiger partial charge >= 0.3 is 18.3 Å². The average Bonchev–Trinajstić information content (AvgIpc) is 0.789. The lowest BCUT2D eigenvalue weighted by Crippen LogP contribution is -2.36. The topological polar surface area (TPSA) is 55.4 Å². The van der Waals surface area contributed by atoms with E-state index in [0.29, 0.717) is 104 Å². The third-order valence-corrected chi connectivity index (χ3v) is 18.0. The second-order valence-electron chi connectivity index (χ2n) is 25.7. The fourth-order valence-electron chi connectivity index (χ4n) is 12.5. The molecule has 0 amide bonds. The summed E-state index contributed by atoms with van der Waals surface area (Å²) in [6.45, 7) is 8.19. The van der Waals surface area contributed by atoms with Gasteiger partial charge in [0.1, 0.15) is 57.5 Å². The van der Waals surface area contributed by atoms with Crippen LogP contribution in [0.2, 0.25) is 0 Å². The summed E-state index contributed by atoms with van der Waals surface area (Å²) in [4.78, 5) is 0. The van der Waals surface area contributed by atoms with Gasteiger partial charge in [-0.3, -0.25) is 0 Å². The van der Waals surface area contributed by atoms with Crippen LogP contribution >= 0.6 is 0 Å². The Kier molecular flexibility index (Phi) is 23.5. The molecular formula is C75H64F20O6. The fourth-order valence-corrected chi connectivity index (χ4v) is 12.5. The van der Waals surface area contributed by atoms with E-state index in [1.807, 2.05) is 19.1 Å². The van der Waals surface area contributed by atoms with Crippen LogP contribution in [0.1, 0.15) is 125 Å². The number of ether oxygens (including phenoxy) is 6. The van der Waals surface area contributed by atoms with Crippen LogP contribution in [-0.2, 0) is 32.5 Å². The predicted molar refractivity (Wildman–Crippen MR) is 332 cm³/mol. The van der Waals surface area contributed by atoms with E-state index in [1.54, 1.807) is 12.1 Å². The highest BCUT2D eigenvalue weighted by atomic mass is 19.3. The number of rotatable bonds is 15. The molecule has 7 aromatic rings. The zero-order valence-corrected chi connectivity index (χ0v) is 54.0. The van der Waals surface area contributed by atoms with E-state index in [-0.39, 0.29) is 59.3 Å². The Morgan fingerprint density at radius 2 is 0.713 bits per heavy atom. The molecule has 26 heteroatoms. The minimum absolute atomic E-state index is 0.0689. The van der Waals surface area contributed by atoms with Crippen molar-refractivity contribution in [2.24, 2.45) is 29.6 Å². The summed E-state index contributed by atoms with van der Waals surface area (Å²) in [5, 5.41) is 0. The number of hydrogen-bond donors (Lipinski definition) is 0. The lowest BCUT2D eigenvalue weighted by Gasteiger charge is -2.34. The van der Waals surface area contributed by atoms with E-state index in [1.165, 1.54) is 18.2 Å².